The lowest BCUT2D eigenvalue weighted by Crippen LogP contribution is -2.00. The van der Waals surface area contributed by atoms with Crippen molar-refractivity contribution >= 4 is 16.9 Å². The van der Waals surface area contributed by atoms with Crippen molar-refractivity contribution in [3.63, 3.8) is 0 Å². The topological polar surface area (TPSA) is 59.4 Å². The highest BCUT2D eigenvalue weighted by atomic mass is 16.5. The van der Waals surface area contributed by atoms with Crippen LogP contribution in [0, 0.1) is 6.92 Å². The molecule has 0 aliphatic rings. The number of carbonyl (C=O) groups is 1. The van der Waals surface area contributed by atoms with E-state index < -0.39 is 5.97 Å². The van der Waals surface area contributed by atoms with Gasteiger partial charge in [0.1, 0.15) is 5.75 Å². The highest BCUT2D eigenvalue weighted by Gasteiger charge is 2.06. The smallest absolute Gasteiger partial charge is 0.303 e. The average molecular weight is 245 g/mol. The van der Waals surface area contributed by atoms with Crippen LogP contribution < -0.4 is 4.74 Å². The van der Waals surface area contributed by atoms with Crippen molar-refractivity contribution in [2.75, 3.05) is 7.11 Å². The zero-order valence-electron chi connectivity index (χ0n) is 10.4. The molecule has 0 amide bonds. The lowest BCUT2D eigenvalue weighted by molar-refractivity contribution is -0.136. The van der Waals surface area contributed by atoms with Crippen LogP contribution in [-0.4, -0.2) is 23.2 Å². The van der Waals surface area contributed by atoms with Gasteiger partial charge in [0.05, 0.1) is 19.0 Å². The largest absolute Gasteiger partial charge is 0.497 e. The summed E-state index contributed by atoms with van der Waals surface area (Å²) in [7, 11) is 1.63. The minimum atomic E-state index is -0.802. The van der Waals surface area contributed by atoms with Crippen LogP contribution in [0.2, 0.25) is 0 Å². The van der Waals surface area contributed by atoms with E-state index in [4.69, 9.17) is 9.84 Å². The van der Waals surface area contributed by atoms with E-state index in [0.717, 1.165) is 27.9 Å². The average Bonchev–Trinajstić information content (AvgIpc) is 2.36. The summed E-state index contributed by atoms with van der Waals surface area (Å²) in [6.07, 6.45) is 0.562. The molecule has 0 aliphatic carbocycles. The summed E-state index contributed by atoms with van der Waals surface area (Å²) in [5, 5.41) is 9.72. The zero-order valence-corrected chi connectivity index (χ0v) is 10.4. The van der Waals surface area contributed by atoms with E-state index in [9.17, 15) is 4.79 Å². The van der Waals surface area contributed by atoms with E-state index in [1.165, 1.54) is 0 Å². The number of pyridine rings is 1. The van der Waals surface area contributed by atoms with Gasteiger partial charge in [0.2, 0.25) is 0 Å². The van der Waals surface area contributed by atoms with Crippen molar-refractivity contribution < 1.29 is 14.6 Å². The highest BCUT2D eigenvalue weighted by Crippen LogP contribution is 2.23. The number of aromatic nitrogens is 1. The fourth-order valence-electron chi connectivity index (χ4n) is 1.93. The monoisotopic (exact) mass is 245 g/mol. The van der Waals surface area contributed by atoms with Gasteiger partial charge in [-0.2, -0.15) is 0 Å². The molecule has 1 heterocycles. The Balaban J connectivity index is 2.40. The summed E-state index contributed by atoms with van der Waals surface area (Å²) in [5.74, 6) is -0.00466. The number of ether oxygens (including phenoxy) is 1. The molecule has 2 rings (SSSR count). The summed E-state index contributed by atoms with van der Waals surface area (Å²) in [5.41, 5.74) is 2.77. The second kappa shape index (κ2) is 5.04. The van der Waals surface area contributed by atoms with Crippen LogP contribution in [-0.2, 0) is 11.2 Å². The molecule has 18 heavy (non-hydrogen) atoms. The van der Waals surface area contributed by atoms with Gasteiger partial charge in [0.25, 0.3) is 0 Å². The van der Waals surface area contributed by atoms with Gasteiger partial charge in [-0.25, -0.2) is 0 Å². The third-order valence-electron chi connectivity index (χ3n) is 2.87. The van der Waals surface area contributed by atoms with E-state index >= 15 is 0 Å². The number of methoxy groups -OCH3 is 1. The van der Waals surface area contributed by atoms with Crippen LogP contribution in [0.3, 0.4) is 0 Å². The normalized spacial score (nSPS) is 10.6. The zero-order chi connectivity index (χ0) is 13.1. The van der Waals surface area contributed by atoms with Crippen molar-refractivity contribution in [3.8, 4) is 5.75 Å². The third kappa shape index (κ3) is 2.59. The molecule has 4 nitrogen and oxygen atoms in total. The SMILES string of the molecule is COc1ccc2nc(CCC(=O)O)cc(C)c2c1. The van der Waals surface area contributed by atoms with E-state index in [1.807, 2.05) is 31.2 Å². The van der Waals surface area contributed by atoms with Crippen molar-refractivity contribution in [1.82, 2.24) is 4.98 Å². The maximum Gasteiger partial charge on any atom is 0.303 e. The number of carboxylic acids is 1. The summed E-state index contributed by atoms with van der Waals surface area (Å²) < 4.78 is 5.18. The molecule has 0 radical (unpaired) electrons. The van der Waals surface area contributed by atoms with E-state index in [-0.39, 0.29) is 6.42 Å². The first-order valence-corrected chi connectivity index (χ1v) is 5.76. The predicted molar refractivity (Wildman–Crippen MR) is 69.0 cm³/mol. The Bertz CT molecular complexity index is 593. The number of aliphatic carboxylic acids is 1. The van der Waals surface area contributed by atoms with E-state index in [0.29, 0.717) is 6.42 Å². The molecule has 0 fully saturated rings. The fourth-order valence-corrected chi connectivity index (χ4v) is 1.93. The van der Waals surface area contributed by atoms with Crippen LogP contribution in [0.25, 0.3) is 10.9 Å². The van der Waals surface area contributed by atoms with Gasteiger partial charge in [-0.05, 0) is 36.8 Å². The Kier molecular flexibility index (Phi) is 3.46. The number of aryl methyl sites for hydroxylation is 2. The fraction of sp³-hybridized carbons (Fsp3) is 0.286. The van der Waals surface area contributed by atoms with Gasteiger partial charge in [-0.15, -0.1) is 0 Å². The molecule has 0 saturated heterocycles. The first-order chi connectivity index (χ1) is 8.60. The second-order valence-corrected chi connectivity index (χ2v) is 4.21. The minimum Gasteiger partial charge on any atom is -0.497 e. The van der Waals surface area contributed by atoms with Gasteiger partial charge in [-0.3, -0.25) is 9.78 Å². The Morgan fingerprint density at radius 1 is 1.39 bits per heavy atom. The Morgan fingerprint density at radius 3 is 2.83 bits per heavy atom. The van der Waals surface area contributed by atoms with Gasteiger partial charge in [0, 0.05) is 17.5 Å². The van der Waals surface area contributed by atoms with Gasteiger partial charge in [-0.1, -0.05) is 0 Å². The quantitative estimate of drug-likeness (QED) is 0.899. The number of hydrogen-bond donors (Lipinski definition) is 1. The molecule has 0 atom stereocenters. The molecule has 0 bridgehead atoms. The standard InChI is InChI=1S/C14H15NO3/c1-9-7-10(3-6-14(16)17)15-13-5-4-11(18-2)8-12(9)13/h4-5,7-8H,3,6H2,1-2H3,(H,16,17). The summed E-state index contributed by atoms with van der Waals surface area (Å²) in [6.45, 7) is 1.99. The number of benzene rings is 1. The molecular weight excluding hydrogens is 230 g/mol. The molecule has 0 aliphatic heterocycles. The van der Waals surface area contributed by atoms with Crippen molar-refractivity contribution in [2.45, 2.75) is 19.8 Å². The number of carboxylic acid groups (broad SMARTS) is 1. The predicted octanol–water partition coefficient (Wildman–Crippen LogP) is 2.57. The van der Waals surface area contributed by atoms with Crippen molar-refractivity contribution in [3.05, 3.63) is 35.5 Å². The van der Waals surface area contributed by atoms with Gasteiger partial charge >= 0.3 is 5.97 Å². The van der Waals surface area contributed by atoms with Crippen molar-refractivity contribution in [1.29, 1.82) is 0 Å². The highest BCUT2D eigenvalue weighted by molar-refractivity contribution is 5.83. The third-order valence-corrected chi connectivity index (χ3v) is 2.87. The first-order valence-electron chi connectivity index (χ1n) is 5.76. The molecule has 4 heteroatoms. The molecule has 1 aromatic carbocycles. The number of hydrogen-bond acceptors (Lipinski definition) is 3. The number of fused-ring (bicyclic) bond motifs is 1. The molecule has 2 aromatic rings. The van der Waals surface area contributed by atoms with E-state index in [2.05, 4.69) is 4.98 Å². The van der Waals surface area contributed by atoms with Crippen LogP contribution in [0.1, 0.15) is 17.7 Å². The van der Waals surface area contributed by atoms with Crippen molar-refractivity contribution in [2.24, 2.45) is 0 Å². The van der Waals surface area contributed by atoms with E-state index in [1.54, 1.807) is 7.11 Å². The summed E-state index contributed by atoms with van der Waals surface area (Å²) in [6, 6.07) is 7.63. The molecule has 0 spiro atoms. The molecule has 94 valence electrons. The Labute approximate surface area is 105 Å². The van der Waals surface area contributed by atoms with Gasteiger partial charge < -0.3 is 9.84 Å². The van der Waals surface area contributed by atoms with Crippen LogP contribution >= 0.6 is 0 Å². The van der Waals surface area contributed by atoms with Crippen LogP contribution in [0.5, 0.6) is 5.75 Å². The van der Waals surface area contributed by atoms with Gasteiger partial charge in [0.15, 0.2) is 0 Å². The second-order valence-electron chi connectivity index (χ2n) is 4.21. The molecule has 0 unspecified atom stereocenters. The number of nitrogens with zero attached hydrogens (tertiary/aromatic N) is 1. The maximum atomic E-state index is 10.6. The number of rotatable bonds is 4. The van der Waals surface area contributed by atoms with Crippen LogP contribution in [0.15, 0.2) is 24.3 Å². The lowest BCUT2D eigenvalue weighted by atomic mass is 10.1. The van der Waals surface area contributed by atoms with Crippen LogP contribution in [0.4, 0.5) is 0 Å². The molecule has 0 saturated carbocycles. The molecular formula is C14H15NO3. The summed E-state index contributed by atoms with van der Waals surface area (Å²) >= 11 is 0. The molecule has 1 N–H and O–H groups in total. The maximum absolute atomic E-state index is 10.6. The Hall–Kier alpha value is -2.10. The lowest BCUT2D eigenvalue weighted by Gasteiger charge is -2.07. The Morgan fingerprint density at radius 2 is 2.17 bits per heavy atom. The first kappa shape index (κ1) is 12.4. The molecule has 1 aromatic heterocycles. The minimum absolute atomic E-state index is 0.105. The summed E-state index contributed by atoms with van der Waals surface area (Å²) in [4.78, 5) is 15.0.